The number of rotatable bonds is 4. The van der Waals surface area contributed by atoms with Crippen molar-refractivity contribution in [1.82, 2.24) is 4.31 Å². The minimum Gasteiger partial charge on any atom is -0.382 e. The van der Waals surface area contributed by atoms with Gasteiger partial charge in [-0.05, 0) is 55.7 Å². The molecule has 3 heteroatoms. The van der Waals surface area contributed by atoms with Gasteiger partial charge in [0.15, 0.2) is 0 Å². The monoisotopic (exact) mass is 255 g/mol. The fraction of sp³-hybridized carbons (Fsp3) is 0.714. The molecule has 0 spiro atoms. The lowest BCUT2D eigenvalue weighted by molar-refractivity contribution is 0.251. The van der Waals surface area contributed by atoms with Crippen LogP contribution in [0.1, 0.15) is 39.0 Å². The summed E-state index contributed by atoms with van der Waals surface area (Å²) in [6.07, 6.45) is 8.52. The topological polar surface area (TPSA) is 23.5 Å². The Balaban J connectivity index is 2.23. The van der Waals surface area contributed by atoms with Crippen LogP contribution >= 0.6 is 10.2 Å². The molecule has 17 heavy (non-hydrogen) atoms. The summed E-state index contributed by atoms with van der Waals surface area (Å²) < 4.78 is 2.22. The van der Waals surface area contributed by atoms with Crippen LogP contribution in [-0.4, -0.2) is 28.9 Å². The van der Waals surface area contributed by atoms with Gasteiger partial charge in [0.25, 0.3) is 0 Å². The Kier molecular flexibility index (Phi) is 4.01. The predicted molar refractivity (Wildman–Crippen MR) is 76.8 cm³/mol. The SMILES string of the molecule is CCC(O)S1(N(C)C)C=CC(C2CCCC2)=C1. The molecular formula is C14H25NOS. The van der Waals surface area contributed by atoms with Crippen LogP contribution in [0, 0.1) is 5.92 Å². The van der Waals surface area contributed by atoms with Gasteiger partial charge in [0, 0.05) is 0 Å². The van der Waals surface area contributed by atoms with E-state index >= 15 is 0 Å². The van der Waals surface area contributed by atoms with Crippen molar-refractivity contribution in [2.75, 3.05) is 14.1 Å². The van der Waals surface area contributed by atoms with E-state index in [1.807, 2.05) is 0 Å². The summed E-state index contributed by atoms with van der Waals surface area (Å²) in [5.74, 6) is 0.754. The van der Waals surface area contributed by atoms with E-state index in [-0.39, 0.29) is 5.44 Å². The van der Waals surface area contributed by atoms with Crippen LogP contribution in [0.15, 0.2) is 22.5 Å². The van der Waals surface area contributed by atoms with Crippen LogP contribution < -0.4 is 0 Å². The Morgan fingerprint density at radius 2 is 2.06 bits per heavy atom. The first-order valence-electron chi connectivity index (χ1n) is 6.67. The first-order chi connectivity index (χ1) is 8.10. The van der Waals surface area contributed by atoms with E-state index in [0.717, 1.165) is 12.3 Å². The van der Waals surface area contributed by atoms with Crippen molar-refractivity contribution in [3.63, 3.8) is 0 Å². The minimum atomic E-state index is -1.25. The van der Waals surface area contributed by atoms with E-state index < -0.39 is 10.2 Å². The largest absolute Gasteiger partial charge is 0.382 e. The van der Waals surface area contributed by atoms with Gasteiger partial charge in [-0.3, -0.25) is 4.31 Å². The first-order valence-corrected chi connectivity index (χ1v) is 8.45. The molecule has 2 nitrogen and oxygen atoms in total. The van der Waals surface area contributed by atoms with Crippen LogP contribution in [0.2, 0.25) is 0 Å². The number of nitrogens with zero attached hydrogens (tertiary/aromatic N) is 1. The molecule has 1 saturated carbocycles. The van der Waals surface area contributed by atoms with Crippen molar-refractivity contribution < 1.29 is 5.11 Å². The molecule has 2 atom stereocenters. The molecule has 2 unspecified atom stereocenters. The van der Waals surface area contributed by atoms with E-state index in [1.165, 1.54) is 31.3 Å². The Morgan fingerprint density at radius 3 is 2.59 bits per heavy atom. The normalized spacial score (nSPS) is 35.0. The van der Waals surface area contributed by atoms with Gasteiger partial charge in [-0.25, -0.2) is 0 Å². The minimum absolute atomic E-state index is 0.229. The Morgan fingerprint density at radius 1 is 1.41 bits per heavy atom. The van der Waals surface area contributed by atoms with Crippen molar-refractivity contribution in [2.24, 2.45) is 5.92 Å². The highest BCUT2D eigenvalue weighted by atomic mass is 32.3. The first kappa shape index (κ1) is 13.2. The maximum Gasteiger partial charge on any atom is 0.102 e. The number of aliphatic hydroxyl groups excluding tert-OH is 1. The molecule has 2 aliphatic rings. The summed E-state index contributed by atoms with van der Waals surface area (Å²) in [5.41, 5.74) is 1.26. The zero-order chi connectivity index (χ0) is 12.5. The number of hydrogen-bond donors (Lipinski definition) is 1. The molecule has 0 amide bonds. The Bertz CT molecular complexity index is 331. The molecule has 0 aromatic heterocycles. The lowest BCUT2D eigenvalue weighted by Crippen LogP contribution is -2.25. The van der Waals surface area contributed by atoms with Gasteiger partial charge in [-0.2, -0.15) is 0 Å². The van der Waals surface area contributed by atoms with Crippen molar-refractivity contribution >= 4 is 10.2 Å². The van der Waals surface area contributed by atoms with Crippen LogP contribution in [0.5, 0.6) is 0 Å². The smallest absolute Gasteiger partial charge is 0.102 e. The van der Waals surface area contributed by atoms with Crippen LogP contribution in [0.25, 0.3) is 0 Å². The standard InChI is InChI=1S/C14H25NOS/c1-4-14(16)17(15(2)3)10-9-13(11-17)12-7-5-6-8-12/h9-12,14,16H,4-8H2,1-3H3. The van der Waals surface area contributed by atoms with Gasteiger partial charge in [-0.15, -0.1) is 10.2 Å². The molecule has 1 heterocycles. The van der Waals surface area contributed by atoms with Gasteiger partial charge < -0.3 is 5.11 Å². The lowest BCUT2D eigenvalue weighted by atomic mass is 9.99. The van der Waals surface area contributed by atoms with Crippen molar-refractivity contribution in [3.8, 4) is 0 Å². The van der Waals surface area contributed by atoms with Crippen molar-refractivity contribution in [3.05, 3.63) is 22.5 Å². The highest BCUT2D eigenvalue weighted by Crippen LogP contribution is 2.62. The molecule has 0 aromatic carbocycles. The number of allylic oxidation sites excluding steroid dienone is 2. The lowest BCUT2D eigenvalue weighted by Gasteiger charge is -2.42. The molecule has 1 aliphatic heterocycles. The van der Waals surface area contributed by atoms with E-state index in [2.05, 4.69) is 42.2 Å². The summed E-state index contributed by atoms with van der Waals surface area (Å²) in [6.45, 7) is 2.07. The quantitative estimate of drug-likeness (QED) is 0.829. The average Bonchev–Trinajstić information content (AvgIpc) is 2.96. The maximum absolute atomic E-state index is 10.3. The summed E-state index contributed by atoms with van der Waals surface area (Å²) in [7, 11) is 2.93. The Hall–Kier alpha value is -0.250. The van der Waals surface area contributed by atoms with Gasteiger partial charge in [0.2, 0.25) is 0 Å². The highest BCUT2D eigenvalue weighted by Gasteiger charge is 2.34. The summed E-state index contributed by atoms with van der Waals surface area (Å²) in [4.78, 5) is 0. The van der Waals surface area contributed by atoms with Crippen molar-refractivity contribution in [2.45, 2.75) is 44.5 Å². The number of aliphatic hydroxyl groups is 1. The third-order valence-electron chi connectivity index (χ3n) is 4.05. The molecule has 2 rings (SSSR count). The van der Waals surface area contributed by atoms with E-state index in [9.17, 15) is 5.11 Å². The van der Waals surface area contributed by atoms with Gasteiger partial charge in [0.1, 0.15) is 5.44 Å². The molecule has 1 N–H and O–H groups in total. The third kappa shape index (κ3) is 2.33. The summed E-state index contributed by atoms with van der Waals surface area (Å²) >= 11 is 0. The molecule has 0 aromatic rings. The Labute approximate surface area is 107 Å². The molecule has 0 radical (unpaired) electrons. The predicted octanol–water partition coefficient (Wildman–Crippen LogP) is 3.60. The second-order valence-corrected chi connectivity index (χ2v) is 8.53. The van der Waals surface area contributed by atoms with E-state index in [4.69, 9.17) is 0 Å². The molecule has 1 fully saturated rings. The van der Waals surface area contributed by atoms with Gasteiger partial charge >= 0.3 is 0 Å². The zero-order valence-electron chi connectivity index (χ0n) is 11.2. The van der Waals surface area contributed by atoms with E-state index in [0.29, 0.717) is 0 Å². The number of hydrogen-bond acceptors (Lipinski definition) is 2. The fourth-order valence-corrected chi connectivity index (χ4v) is 5.86. The van der Waals surface area contributed by atoms with Crippen LogP contribution in [-0.2, 0) is 0 Å². The molecule has 98 valence electrons. The van der Waals surface area contributed by atoms with E-state index in [1.54, 1.807) is 0 Å². The van der Waals surface area contributed by atoms with Gasteiger partial charge in [0.05, 0.1) is 0 Å². The average molecular weight is 255 g/mol. The third-order valence-corrected chi connectivity index (χ3v) is 7.74. The fourth-order valence-electron chi connectivity index (χ4n) is 2.88. The second kappa shape index (κ2) is 5.17. The van der Waals surface area contributed by atoms with Crippen molar-refractivity contribution in [1.29, 1.82) is 0 Å². The maximum atomic E-state index is 10.3. The summed E-state index contributed by atoms with van der Waals surface area (Å²) in [5, 5.41) is 15.0. The molecule has 0 bridgehead atoms. The van der Waals surface area contributed by atoms with Gasteiger partial charge in [-0.1, -0.05) is 25.8 Å². The summed E-state index contributed by atoms with van der Waals surface area (Å²) in [6, 6.07) is 0. The molecule has 1 aliphatic carbocycles. The molecule has 0 saturated heterocycles. The second-order valence-electron chi connectivity index (χ2n) is 5.30. The molecular weight excluding hydrogens is 230 g/mol. The highest BCUT2D eigenvalue weighted by molar-refractivity contribution is 8.37. The van der Waals surface area contributed by atoms with Crippen LogP contribution in [0.4, 0.5) is 0 Å². The van der Waals surface area contributed by atoms with Crippen LogP contribution in [0.3, 0.4) is 0 Å². The zero-order valence-corrected chi connectivity index (χ0v) is 12.0.